The lowest BCUT2D eigenvalue weighted by atomic mass is 10.1. The summed E-state index contributed by atoms with van der Waals surface area (Å²) in [6.07, 6.45) is -3.13. The Morgan fingerprint density at radius 1 is 1.03 bits per heavy atom. The number of carbonyl (C=O) groups excluding carboxylic acids is 1. The normalized spacial score (nSPS) is 11.6. The van der Waals surface area contributed by atoms with Gasteiger partial charge in [0.2, 0.25) is 0 Å². The maximum atomic E-state index is 12.7. The molecule has 0 fully saturated rings. The molecule has 0 atom stereocenters. The highest BCUT2D eigenvalue weighted by molar-refractivity contribution is 7.99. The van der Waals surface area contributed by atoms with Gasteiger partial charge in [0.15, 0.2) is 11.0 Å². The number of carbonyl (C=O) groups is 1. The van der Waals surface area contributed by atoms with E-state index in [-0.39, 0.29) is 5.75 Å². The number of aromatic nitrogens is 3. The zero-order valence-corrected chi connectivity index (χ0v) is 20.7. The Bertz CT molecular complexity index is 1380. The number of rotatable bonds is 8. The van der Waals surface area contributed by atoms with Crippen LogP contribution in [0.25, 0.3) is 17.1 Å². The fourth-order valence-electron chi connectivity index (χ4n) is 3.32. The van der Waals surface area contributed by atoms with Gasteiger partial charge in [0.25, 0.3) is 5.91 Å². The summed E-state index contributed by atoms with van der Waals surface area (Å²) in [6.45, 7) is 1.99. The van der Waals surface area contributed by atoms with Crippen molar-refractivity contribution in [1.82, 2.24) is 20.2 Å². The third-order valence-electron chi connectivity index (χ3n) is 5.25. The second kappa shape index (κ2) is 11.3. The van der Waals surface area contributed by atoms with Crippen molar-refractivity contribution in [3.63, 3.8) is 0 Å². The van der Waals surface area contributed by atoms with Gasteiger partial charge in [-0.2, -0.15) is 18.3 Å². The van der Waals surface area contributed by atoms with Gasteiger partial charge in [0.05, 0.1) is 24.6 Å². The Morgan fingerprint density at radius 3 is 2.32 bits per heavy atom. The number of ether oxygens (including phenoxy) is 1. The first-order valence-electron chi connectivity index (χ1n) is 11.0. The molecule has 4 aromatic rings. The van der Waals surface area contributed by atoms with Gasteiger partial charge in [-0.15, -0.1) is 10.2 Å². The van der Waals surface area contributed by atoms with E-state index in [1.54, 1.807) is 7.11 Å². The lowest BCUT2D eigenvalue weighted by Gasteiger charge is -2.11. The first kappa shape index (κ1) is 26.0. The number of alkyl halides is 3. The molecule has 0 bridgehead atoms. The molecule has 0 aliphatic heterocycles. The Labute approximate surface area is 215 Å². The highest BCUT2D eigenvalue weighted by atomic mass is 32.2. The smallest absolute Gasteiger partial charge is 0.416 e. The SMILES string of the molecule is COc1ccc(-c2nnc(SCC(=O)N/N=C/c3ccc(C(F)(F)F)cc3)n2-c2ccc(C)cc2)cc1. The van der Waals surface area contributed by atoms with Crippen molar-refractivity contribution >= 4 is 23.9 Å². The van der Waals surface area contributed by atoms with Gasteiger partial charge in [-0.3, -0.25) is 9.36 Å². The molecular weight excluding hydrogens is 503 g/mol. The maximum absolute atomic E-state index is 12.7. The molecule has 3 aromatic carbocycles. The molecule has 0 radical (unpaired) electrons. The molecule has 7 nitrogen and oxygen atoms in total. The minimum Gasteiger partial charge on any atom is -0.497 e. The van der Waals surface area contributed by atoms with Crippen LogP contribution in [0.15, 0.2) is 83.1 Å². The predicted molar refractivity (Wildman–Crippen MR) is 136 cm³/mol. The van der Waals surface area contributed by atoms with E-state index in [1.165, 1.54) is 30.1 Å². The van der Waals surface area contributed by atoms with Crippen molar-refractivity contribution in [2.75, 3.05) is 12.9 Å². The molecule has 37 heavy (non-hydrogen) atoms. The third kappa shape index (κ3) is 6.56. The van der Waals surface area contributed by atoms with Crippen molar-refractivity contribution in [3.8, 4) is 22.8 Å². The number of hydrogen-bond acceptors (Lipinski definition) is 6. The summed E-state index contributed by atoms with van der Waals surface area (Å²) in [5.41, 5.74) is 4.81. The van der Waals surface area contributed by atoms with E-state index in [9.17, 15) is 18.0 Å². The fraction of sp³-hybridized carbons (Fsp3) is 0.154. The van der Waals surface area contributed by atoms with Crippen molar-refractivity contribution < 1.29 is 22.7 Å². The summed E-state index contributed by atoms with van der Waals surface area (Å²) in [4.78, 5) is 12.4. The summed E-state index contributed by atoms with van der Waals surface area (Å²) in [7, 11) is 1.59. The summed E-state index contributed by atoms with van der Waals surface area (Å²) in [5.74, 6) is 0.914. The summed E-state index contributed by atoms with van der Waals surface area (Å²) >= 11 is 1.18. The molecule has 1 amide bonds. The van der Waals surface area contributed by atoms with Crippen LogP contribution in [-0.4, -0.2) is 39.7 Å². The number of hydrazone groups is 1. The minimum atomic E-state index is -4.41. The van der Waals surface area contributed by atoms with Crippen LogP contribution in [-0.2, 0) is 11.0 Å². The van der Waals surface area contributed by atoms with Gasteiger partial charge in [-0.1, -0.05) is 41.6 Å². The number of nitrogens with zero attached hydrogens (tertiary/aromatic N) is 4. The van der Waals surface area contributed by atoms with Gasteiger partial charge in [-0.05, 0) is 61.0 Å². The largest absolute Gasteiger partial charge is 0.497 e. The van der Waals surface area contributed by atoms with Crippen molar-refractivity contribution in [3.05, 3.63) is 89.5 Å². The summed E-state index contributed by atoms with van der Waals surface area (Å²) < 4.78 is 45.1. The number of benzene rings is 3. The quantitative estimate of drug-likeness (QED) is 0.186. The van der Waals surface area contributed by atoms with Gasteiger partial charge >= 0.3 is 6.18 Å². The lowest BCUT2D eigenvalue weighted by molar-refractivity contribution is -0.137. The van der Waals surface area contributed by atoms with Crippen LogP contribution in [0.1, 0.15) is 16.7 Å². The van der Waals surface area contributed by atoms with Crippen LogP contribution in [0.5, 0.6) is 5.75 Å². The number of nitrogens with one attached hydrogen (secondary N) is 1. The van der Waals surface area contributed by atoms with Crippen LogP contribution in [0.2, 0.25) is 0 Å². The molecule has 0 spiro atoms. The molecule has 11 heteroatoms. The molecule has 1 N–H and O–H groups in total. The van der Waals surface area contributed by atoms with E-state index in [2.05, 4.69) is 20.7 Å². The first-order chi connectivity index (χ1) is 17.7. The Morgan fingerprint density at radius 2 is 1.70 bits per heavy atom. The molecule has 190 valence electrons. The van der Waals surface area contributed by atoms with Crippen LogP contribution < -0.4 is 10.2 Å². The topological polar surface area (TPSA) is 81.4 Å². The Balaban J connectivity index is 1.46. The van der Waals surface area contributed by atoms with Crippen LogP contribution in [0.3, 0.4) is 0 Å². The lowest BCUT2D eigenvalue weighted by Crippen LogP contribution is -2.20. The molecule has 4 rings (SSSR count). The average molecular weight is 526 g/mol. The van der Waals surface area contributed by atoms with Gasteiger partial charge in [0, 0.05) is 11.3 Å². The first-order valence-corrected chi connectivity index (χ1v) is 12.0. The second-order valence-electron chi connectivity index (χ2n) is 7.91. The van der Waals surface area contributed by atoms with Crippen LogP contribution in [0, 0.1) is 6.92 Å². The number of amides is 1. The Hall–Kier alpha value is -4.12. The molecule has 0 unspecified atom stereocenters. The van der Waals surface area contributed by atoms with Gasteiger partial charge in [0.1, 0.15) is 5.75 Å². The third-order valence-corrected chi connectivity index (χ3v) is 6.18. The van der Waals surface area contributed by atoms with Crippen molar-refractivity contribution in [2.45, 2.75) is 18.3 Å². The van der Waals surface area contributed by atoms with E-state index in [4.69, 9.17) is 4.74 Å². The molecule has 1 aromatic heterocycles. The average Bonchev–Trinajstić information content (AvgIpc) is 3.31. The zero-order chi connectivity index (χ0) is 26.4. The van der Waals surface area contributed by atoms with E-state index in [0.717, 1.165) is 28.9 Å². The molecular formula is C26H22F3N5O2S. The highest BCUT2D eigenvalue weighted by Crippen LogP contribution is 2.30. The summed E-state index contributed by atoms with van der Waals surface area (Å²) in [6, 6.07) is 19.7. The van der Waals surface area contributed by atoms with E-state index in [0.29, 0.717) is 22.3 Å². The van der Waals surface area contributed by atoms with Gasteiger partial charge < -0.3 is 4.74 Å². The monoisotopic (exact) mass is 525 g/mol. The molecule has 0 saturated heterocycles. The molecule has 0 aliphatic rings. The maximum Gasteiger partial charge on any atom is 0.416 e. The number of thioether (sulfide) groups is 1. The number of aryl methyl sites for hydroxylation is 1. The van der Waals surface area contributed by atoms with Crippen LogP contribution in [0.4, 0.5) is 13.2 Å². The predicted octanol–water partition coefficient (Wildman–Crippen LogP) is 5.51. The number of methoxy groups -OCH3 is 1. The fourth-order valence-corrected chi connectivity index (χ4v) is 4.06. The van der Waals surface area contributed by atoms with E-state index < -0.39 is 17.6 Å². The molecule has 1 heterocycles. The zero-order valence-electron chi connectivity index (χ0n) is 19.9. The standard InChI is InChI=1S/C26H22F3N5O2S/c1-17-3-11-21(12-4-17)34-24(19-7-13-22(36-2)14-8-19)32-33-25(34)37-16-23(35)31-30-15-18-5-9-20(10-6-18)26(27,28)29/h3-15H,16H2,1-2H3,(H,31,35)/b30-15+. The highest BCUT2D eigenvalue weighted by Gasteiger charge is 2.29. The summed E-state index contributed by atoms with van der Waals surface area (Å²) in [5, 5.41) is 13.0. The number of hydrogen-bond donors (Lipinski definition) is 1. The van der Waals surface area contributed by atoms with E-state index >= 15 is 0 Å². The number of halogens is 3. The minimum absolute atomic E-state index is 0.00302. The van der Waals surface area contributed by atoms with Gasteiger partial charge in [-0.25, -0.2) is 5.43 Å². The van der Waals surface area contributed by atoms with E-state index in [1.807, 2.05) is 60.0 Å². The Kier molecular flexibility index (Phi) is 7.92. The second-order valence-corrected chi connectivity index (χ2v) is 8.85. The van der Waals surface area contributed by atoms with Crippen molar-refractivity contribution in [2.24, 2.45) is 5.10 Å². The molecule has 0 aliphatic carbocycles. The molecule has 0 saturated carbocycles. The van der Waals surface area contributed by atoms with Crippen molar-refractivity contribution in [1.29, 1.82) is 0 Å². The van der Waals surface area contributed by atoms with Crippen LogP contribution >= 0.6 is 11.8 Å².